The van der Waals surface area contributed by atoms with Gasteiger partial charge in [-0.25, -0.2) is 0 Å². The van der Waals surface area contributed by atoms with Gasteiger partial charge in [0, 0.05) is 0 Å². The molecule has 4 rings (SSSR count). The molecule has 0 saturated carbocycles. The molecule has 3 aromatic rings. The quantitative estimate of drug-likeness (QED) is 0.482. The molecular formula is C23H20N4O3S. The highest BCUT2D eigenvalue weighted by Gasteiger charge is 2.29. The van der Waals surface area contributed by atoms with E-state index in [9.17, 15) is 14.7 Å². The summed E-state index contributed by atoms with van der Waals surface area (Å²) in [7, 11) is 0. The molecule has 8 heteroatoms. The van der Waals surface area contributed by atoms with Crippen LogP contribution in [0.25, 0.3) is 11.8 Å². The lowest BCUT2D eigenvalue weighted by atomic mass is 10.1. The largest absolute Gasteiger partial charge is 0.494 e. The number of aromatic hydroxyl groups is 1. The van der Waals surface area contributed by atoms with Crippen LogP contribution in [-0.4, -0.2) is 26.3 Å². The Hall–Kier alpha value is -3.78. The number of carbonyl (C=O) groups excluding carboxylic acids is 1. The Morgan fingerprint density at radius 3 is 2.39 bits per heavy atom. The normalized spacial score (nSPS) is 14.9. The number of carbonyl (C=O) groups is 1. The maximum atomic E-state index is 13.0. The molecule has 0 aliphatic carbocycles. The van der Waals surface area contributed by atoms with Gasteiger partial charge in [-0.05, 0) is 61.5 Å². The third-order valence-corrected chi connectivity index (χ3v) is 5.36. The second-order valence-corrected chi connectivity index (χ2v) is 7.43. The minimum atomic E-state index is -0.588. The average Bonchev–Trinajstić information content (AvgIpc) is 3.05. The van der Waals surface area contributed by atoms with E-state index in [-0.39, 0.29) is 27.7 Å². The molecule has 1 aromatic heterocycles. The first-order valence-electron chi connectivity index (χ1n) is 9.75. The fourth-order valence-corrected chi connectivity index (χ4v) is 3.65. The summed E-state index contributed by atoms with van der Waals surface area (Å²) in [5, 5.41) is 16.5. The number of para-hydroxylation sites is 1. The van der Waals surface area contributed by atoms with Crippen molar-refractivity contribution in [3.8, 4) is 11.6 Å². The molecule has 2 heterocycles. The number of aromatic amines is 1. The molecule has 0 bridgehead atoms. The molecule has 0 unspecified atom stereocenters. The molecule has 1 aliphatic heterocycles. The number of nitrogens with one attached hydrogen (secondary N) is 1. The van der Waals surface area contributed by atoms with Gasteiger partial charge in [0.2, 0.25) is 5.88 Å². The summed E-state index contributed by atoms with van der Waals surface area (Å²) >= 11 is 5.27. The van der Waals surface area contributed by atoms with Crippen LogP contribution in [0.1, 0.15) is 25.0 Å². The molecule has 0 fully saturated rings. The highest BCUT2D eigenvalue weighted by atomic mass is 32.1. The molecule has 1 aliphatic rings. The van der Waals surface area contributed by atoms with Gasteiger partial charge in [0.05, 0.1) is 22.7 Å². The Balaban J connectivity index is 1.81. The topological polar surface area (TPSA) is 90.7 Å². The van der Waals surface area contributed by atoms with Crippen molar-refractivity contribution in [2.45, 2.75) is 20.3 Å². The van der Waals surface area contributed by atoms with Crippen LogP contribution in [0.5, 0.6) is 5.88 Å². The lowest BCUT2D eigenvalue weighted by Crippen LogP contribution is -2.22. The van der Waals surface area contributed by atoms with Crippen LogP contribution in [0.3, 0.4) is 0 Å². The lowest BCUT2D eigenvalue weighted by Gasteiger charge is -2.13. The predicted molar refractivity (Wildman–Crippen MR) is 123 cm³/mol. The Labute approximate surface area is 183 Å². The number of hydrazone groups is 1. The standard InChI is InChI=1S/C23H20N4O3S/c1-3-15-9-11-16(12-10-15)26-21(29)19(20(28)24-23(26)31)13-18-14(2)25-27(22(18)30)17-7-5-4-6-8-17/h4-13,29H,3H2,1-2H3,(H,24,28,31). The van der Waals surface area contributed by atoms with Gasteiger partial charge in [-0.3, -0.25) is 19.1 Å². The van der Waals surface area contributed by atoms with Gasteiger partial charge in [-0.1, -0.05) is 37.3 Å². The third-order valence-electron chi connectivity index (χ3n) is 5.08. The maximum Gasteiger partial charge on any atom is 0.280 e. The van der Waals surface area contributed by atoms with Crippen LogP contribution < -0.4 is 10.6 Å². The van der Waals surface area contributed by atoms with E-state index < -0.39 is 5.56 Å². The summed E-state index contributed by atoms with van der Waals surface area (Å²) in [6.07, 6.45) is 2.23. The molecule has 0 atom stereocenters. The van der Waals surface area contributed by atoms with Gasteiger partial charge in [0.15, 0.2) is 4.77 Å². The van der Waals surface area contributed by atoms with Crippen LogP contribution in [0.15, 0.2) is 70.1 Å². The molecule has 0 radical (unpaired) electrons. The van der Waals surface area contributed by atoms with Gasteiger partial charge < -0.3 is 5.11 Å². The van der Waals surface area contributed by atoms with E-state index in [1.807, 2.05) is 37.3 Å². The summed E-state index contributed by atoms with van der Waals surface area (Å²) in [6.45, 7) is 3.72. The number of anilines is 1. The van der Waals surface area contributed by atoms with Gasteiger partial charge in [-0.2, -0.15) is 10.1 Å². The fraction of sp³-hybridized carbons (Fsp3) is 0.130. The number of hydrogen-bond acceptors (Lipinski definition) is 5. The van der Waals surface area contributed by atoms with Crippen LogP contribution >= 0.6 is 12.2 Å². The van der Waals surface area contributed by atoms with E-state index in [0.29, 0.717) is 17.1 Å². The average molecular weight is 433 g/mol. The SMILES string of the molecule is CCc1ccc(-n2c(O)c(C=C3C(=O)N(c4ccccc4)N=C3C)c(=O)[nH]c2=S)cc1. The fourth-order valence-electron chi connectivity index (χ4n) is 3.36. The van der Waals surface area contributed by atoms with E-state index in [2.05, 4.69) is 10.1 Å². The van der Waals surface area contributed by atoms with Crippen LogP contribution in [0.4, 0.5) is 5.69 Å². The number of hydrogen-bond donors (Lipinski definition) is 2. The predicted octanol–water partition coefficient (Wildman–Crippen LogP) is 3.97. The van der Waals surface area contributed by atoms with Crippen molar-refractivity contribution in [3.05, 3.63) is 86.4 Å². The Morgan fingerprint density at radius 1 is 1.06 bits per heavy atom. The summed E-state index contributed by atoms with van der Waals surface area (Å²) in [5.41, 5.74) is 2.34. The van der Waals surface area contributed by atoms with E-state index in [0.717, 1.165) is 12.0 Å². The van der Waals surface area contributed by atoms with Crippen LogP contribution in [0, 0.1) is 4.77 Å². The molecule has 31 heavy (non-hydrogen) atoms. The highest BCUT2D eigenvalue weighted by molar-refractivity contribution is 7.71. The minimum absolute atomic E-state index is 0.0583. The molecule has 2 N–H and O–H groups in total. The van der Waals surface area contributed by atoms with E-state index in [1.54, 1.807) is 31.2 Å². The van der Waals surface area contributed by atoms with Crippen molar-refractivity contribution < 1.29 is 9.90 Å². The first-order chi connectivity index (χ1) is 14.9. The number of benzene rings is 2. The summed E-state index contributed by atoms with van der Waals surface area (Å²) in [6, 6.07) is 16.5. The molecule has 1 amide bonds. The Morgan fingerprint density at radius 2 is 1.74 bits per heavy atom. The monoisotopic (exact) mass is 432 g/mol. The van der Waals surface area contributed by atoms with Crippen molar-refractivity contribution in [1.29, 1.82) is 0 Å². The van der Waals surface area contributed by atoms with Crippen LogP contribution in [0.2, 0.25) is 0 Å². The third kappa shape index (κ3) is 3.73. The van der Waals surface area contributed by atoms with Crippen LogP contribution in [-0.2, 0) is 11.2 Å². The number of amides is 1. The van der Waals surface area contributed by atoms with E-state index in [1.165, 1.54) is 15.7 Å². The molecule has 7 nitrogen and oxygen atoms in total. The van der Waals surface area contributed by atoms with Crippen molar-refractivity contribution >= 4 is 35.6 Å². The zero-order chi connectivity index (χ0) is 22.1. The first kappa shape index (κ1) is 20.5. The highest BCUT2D eigenvalue weighted by Crippen LogP contribution is 2.27. The molecule has 156 valence electrons. The smallest absolute Gasteiger partial charge is 0.280 e. The first-order valence-corrected chi connectivity index (χ1v) is 10.2. The Bertz CT molecular complexity index is 1340. The minimum Gasteiger partial charge on any atom is -0.494 e. The molecule has 2 aromatic carbocycles. The van der Waals surface area contributed by atoms with E-state index >= 15 is 0 Å². The van der Waals surface area contributed by atoms with Gasteiger partial charge in [-0.15, -0.1) is 0 Å². The second-order valence-electron chi connectivity index (χ2n) is 7.05. The zero-order valence-electron chi connectivity index (χ0n) is 17.0. The second kappa shape index (κ2) is 8.16. The van der Waals surface area contributed by atoms with E-state index in [4.69, 9.17) is 12.2 Å². The number of rotatable bonds is 4. The summed E-state index contributed by atoms with van der Waals surface area (Å²) in [4.78, 5) is 28.1. The van der Waals surface area contributed by atoms with Crippen molar-refractivity contribution in [3.63, 3.8) is 0 Å². The molecule has 0 saturated heterocycles. The zero-order valence-corrected chi connectivity index (χ0v) is 17.8. The van der Waals surface area contributed by atoms with Gasteiger partial charge in [0.25, 0.3) is 11.5 Å². The van der Waals surface area contributed by atoms with Crippen molar-refractivity contribution in [2.75, 3.05) is 5.01 Å². The Kier molecular flexibility index (Phi) is 5.39. The lowest BCUT2D eigenvalue weighted by molar-refractivity contribution is -0.114. The maximum absolute atomic E-state index is 13.0. The number of nitrogens with zero attached hydrogens (tertiary/aromatic N) is 3. The molecule has 0 spiro atoms. The number of aryl methyl sites for hydroxylation is 1. The van der Waals surface area contributed by atoms with Gasteiger partial charge >= 0.3 is 0 Å². The number of aromatic nitrogens is 2. The number of H-pyrrole nitrogens is 1. The van der Waals surface area contributed by atoms with Crippen molar-refractivity contribution in [1.82, 2.24) is 9.55 Å². The van der Waals surface area contributed by atoms with Crippen molar-refractivity contribution in [2.24, 2.45) is 5.10 Å². The van der Waals surface area contributed by atoms with Gasteiger partial charge in [0.1, 0.15) is 5.56 Å². The summed E-state index contributed by atoms with van der Waals surface area (Å²) < 4.78 is 1.42. The molecular weight excluding hydrogens is 412 g/mol. The summed E-state index contributed by atoms with van der Waals surface area (Å²) in [5.74, 6) is -0.729.